The van der Waals surface area contributed by atoms with Crippen molar-refractivity contribution in [2.75, 3.05) is 0 Å². The van der Waals surface area contributed by atoms with Gasteiger partial charge in [0.05, 0.1) is 0 Å². The van der Waals surface area contributed by atoms with Crippen molar-refractivity contribution in [3.05, 3.63) is 0 Å². The van der Waals surface area contributed by atoms with Crippen LogP contribution in [0.5, 0.6) is 0 Å². The Morgan fingerprint density at radius 1 is 1.00 bits per heavy atom. The normalized spacial score (nSPS) is 27.3. The Balaban J connectivity index is 2.19. The van der Waals surface area contributed by atoms with Gasteiger partial charge >= 0.3 is 0 Å². The summed E-state index contributed by atoms with van der Waals surface area (Å²) in [5.41, 5.74) is 5.89. The van der Waals surface area contributed by atoms with E-state index in [4.69, 9.17) is 5.73 Å². The van der Waals surface area contributed by atoms with E-state index in [1.165, 1.54) is 64.2 Å². The van der Waals surface area contributed by atoms with E-state index in [1.54, 1.807) is 0 Å². The lowest BCUT2D eigenvalue weighted by atomic mass is 9.84. The summed E-state index contributed by atoms with van der Waals surface area (Å²) < 4.78 is 0. The minimum atomic E-state index is 0.398. The number of hydrogen-bond donors (Lipinski definition) is 1. The first kappa shape index (κ1) is 16.0. The number of rotatable bonds is 9. The summed E-state index contributed by atoms with van der Waals surface area (Å²) in [5, 5.41) is 0. The topological polar surface area (TPSA) is 26.0 Å². The van der Waals surface area contributed by atoms with Crippen LogP contribution in [0, 0.1) is 17.8 Å². The molecule has 1 saturated carbocycles. The second-order valence-electron chi connectivity index (χ2n) is 6.83. The van der Waals surface area contributed by atoms with E-state index in [0.717, 1.165) is 17.8 Å². The molecule has 1 rings (SSSR count). The Bertz CT molecular complexity index is 200. The van der Waals surface area contributed by atoms with Crippen molar-refractivity contribution in [3.63, 3.8) is 0 Å². The fourth-order valence-corrected chi connectivity index (χ4v) is 3.55. The van der Waals surface area contributed by atoms with Crippen molar-refractivity contribution < 1.29 is 0 Å². The van der Waals surface area contributed by atoms with Crippen molar-refractivity contribution in [2.45, 2.75) is 91.0 Å². The van der Waals surface area contributed by atoms with Gasteiger partial charge in [0.15, 0.2) is 0 Å². The first-order valence-corrected chi connectivity index (χ1v) is 8.39. The molecule has 1 heteroatoms. The van der Waals surface area contributed by atoms with Crippen molar-refractivity contribution in [1.29, 1.82) is 0 Å². The van der Waals surface area contributed by atoms with Crippen LogP contribution in [0.4, 0.5) is 0 Å². The minimum Gasteiger partial charge on any atom is -0.328 e. The first-order valence-electron chi connectivity index (χ1n) is 8.39. The zero-order chi connectivity index (χ0) is 13.4. The van der Waals surface area contributed by atoms with Crippen LogP contribution in [0.15, 0.2) is 0 Å². The summed E-state index contributed by atoms with van der Waals surface area (Å²) in [5.74, 6) is 2.96. The standard InChI is InChI=1S/C17H35N/c1-4-5-7-14(2)10-12-16-8-6-9-17(16)13-11-15(3)18/h14-17H,4-13,18H2,1-3H3. The molecule has 108 valence electrons. The highest BCUT2D eigenvalue weighted by Gasteiger charge is 2.26. The van der Waals surface area contributed by atoms with Crippen LogP contribution < -0.4 is 5.73 Å². The summed E-state index contributed by atoms with van der Waals surface area (Å²) in [6.07, 6.45) is 14.2. The van der Waals surface area contributed by atoms with Crippen LogP contribution in [0.1, 0.15) is 85.0 Å². The summed E-state index contributed by atoms with van der Waals surface area (Å²) in [7, 11) is 0. The molecule has 1 aliphatic carbocycles. The fraction of sp³-hybridized carbons (Fsp3) is 1.00. The largest absolute Gasteiger partial charge is 0.328 e. The second-order valence-corrected chi connectivity index (χ2v) is 6.83. The molecule has 1 fully saturated rings. The third kappa shape index (κ3) is 6.22. The van der Waals surface area contributed by atoms with E-state index in [9.17, 15) is 0 Å². The minimum absolute atomic E-state index is 0.398. The highest BCUT2D eigenvalue weighted by molar-refractivity contribution is 4.79. The highest BCUT2D eigenvalue weighted by Crippen LogP contribution is 2.38. The van der Waals surface area contributed by atoms with Gasteiger partial charge in [-0.1, -0.05) is 58.8 Å². The maximum absolute atomic E-state index is 5.89. The van der Waals surface area contributed by atoms with Gasteiger partial charge < -0.3 is 5.73 Å². The van der Waals surface area contributed by atoms with Crippen molar-refractivity contribution in [2.24, 2.45) is 23.5 Å². The molecule has 2 N–H and O–H groups in total. The first-order chi connectivity index (χ1) is 8.63. The van der Waals surface area contributed by atoms with Gasteiger partial charge in [-0.2, -0.15) is 0 Å². The Kier molecular flexibility index (Phi) is 7.97. The third-order valence-electron chi connectivity index (χ3n) is 4.89. The summed E-state index contributed by atoms with van der Waals surface area (Å²) in [6.45, 7) is 6.89. The SMILES string of the molecule is CCCCC(C)CCC1CCCC1CCC(C)N. The maximum Gasteiger partial charge on any atom is 0.00105 e. The van der Waals surface area contributed by atoms with Gasteiger partial charge in [-0.05, 0) is 43.9 Å². The van der Waals surface area contributed by atoms with Gasteiger partial charge in [0, 0.05) is 6.04 Å². The Morgan fingerprint density at radius 2 is 1.61 bits per heavy atom. The Hall–Kier alpha value is -0.0400. The Labute approximate surface area is 115 Å². The summed E-state index contributed by atoms with van der Waals surface area (Å²) in [6, 6.07) is 0.398. The lowest BCUT2D eigenvalue weighted by Gasteiger charge is -2.22. The molecule has 18 heavy (non-hydrogen) atoms. The monoisotopic (exact) mass is 253 g/mol. The van der Waals surface area contributed by atoms with Crippen molar-refractivity contribution in [3.8, 4) is 0 Å². The lowest BCUT2D eigenvalue weighted by Crippen LogP contribution is -2.18. The molecule has 0 aromatic heterocycles. The summed E-state index contributed by atoms with van der Waals surface area (Å²) in [4.78, 5) is 0. The molecule has 1 nitrogen and oxygen atoms in total. The molecular formula is C17H35N. The van der Waals surface area contributed by atoms with Gasteiger partial charge in [-0.3, -0.25) is 0 Å². The zero-order valence-electron chi connectivity index (χ0n) is 13.0. The molecule has 0 aliphatic heterocycles. The maximum atomic E-state index is 5.89. The number of nitrogens with two attached hydrogens (primary N) is 1. The van der Waals surface area contributed by atoms with E-state index in [-0.39, 0.29) is 0 Å². The molecule has 4 unspecified atom stereocenters. The van der Waals surface area contributed by atoms with Gasteiger partial charge in [-0.25, -0.2) is 0 Å². The molecule has 0 spiro atoms. The number of hydrogen-bond acceptors (Lipinski definition) is 1. The van der Waals surface area contributed by atoms with Crippen LogP contribution in [0.2, 0.25) is 0 Å². The fourth-order valence-electron chi connectivity index (χ4n) is 3.55. The van der Waals surface area contributed by atoms with Gasteiger partial charge in [0.25, 0.3) is 0 Å². The predicted octanol–water partition coefficient (Wildman–Crippen LogP) is 5.14. The van der Waals surface area contributed by atoms with Crippen LogP contribution in [0.25, 0.3) is 0 Å². The van der Waals surface area contributed by atoms with E-state index < -0.39 is 0 Å². The molecule has 0 bridgehead atoms. The van der Waals surface area contributed by atoms with E-state index in [0.29, 0.717) is 6.04 Å². The van der Waals surface area contributed by atoms with Crippen LogP contribution in [0.3, 0.4) is 0 Å². The second kappa shape index (κ2) is 8.96. The van der Waals surface area contributed by atoms with Crippen LogP contribution in [-0.4, -0.2) is 6.04 Å². The van der Waals surface area contributed by atoms with Crippen molar-refractivity contribution in [1.82, 2.24) is 0 Å². The molecular weight excluding hydrogens is 218 g/mol. The average molecular weight is 253 g/mol. The quantitative estimate of drug-likeness (QED) is 0.605. The predicted molar refractivity (Wildman–Crippen MR) is 81.6 cm³/mol. The zero-order valence-corrected chi connectivity index (χ0v) is 13.0. The molecule has 0 amide bonds. The lowest BCUT2D eigenvalue weighted by molar-refractivity contribution is 0.301. The van der Waals surface area contributed by atoms with Crippen LogP contribution in [-0.2, 0) is 0 Å². The van der Waals surface area contributed by atoms with Crippen molar-refractivity contribution >= 4 is 0 Å². The molecule has 4 atom stereocenters. The Morgan fingerprint density at radius 3 is 2.17 bits per heavy atom. The molecule has 0 aromatic rings. The van der Waals surface area contributed by atoms with Crippen LogP contribution >= 0.6 is 0 Å². The van der Waals surface area contributed by atoms with E-state index in [1.807, 2.05) is 0 Å². The van der Waals surface area contributed by atoms with Gasteiger partial charge in [-0.15, -0.1) is 0 Å². The van der Waals surface area contributed by atoms with Gasteiger partial charge in [0.1, 0.15) is 0 Å². The third-order valence-corrected chi connectivity index (χ3v) is 4.89. The summed E-state index contributed by atoms with van der Waals surface area (Å²) >= 11 is 0. The van der Waals surface area contributed by atoms with E-state index >= 15 is 0 Å². The number of unbranched alkanes of at least 4 members (excludes halogenated alkanes) is 1. The molecule has 0 radical (unpaired) electrons. The highest BCUT2D eigenvalue weighted by atomic mass is 14.6. The molecule has 0 aromatic carbocycles. The molecule has 1 aliphatic rings. The molecule has 0 heterocycles. The average Bonchev–Trinajstić information content (AvgIpc) is 2.78. The molecule has 0 saturated heterocycles. The smallest absolute Gasteiger partial charge is 0.00105 e. The van der Waals surface area contributed by atoms with Gasteiger partial charge in [0.2, 0.25) is 0 Å². The van der Waals surface area contributed by atoms with E-state index in [2.05, 4.69) is 20.8 Å².